The van der Waals surface area contributed by atoms with E-state index in [9.17, 15) is 21.6 Å². The van der Waals surface area contributed by atoms with Crippen LogP contribution in [0.1, 0.15) is 5.69 Å². The molecule has 0 saturated carbocycles. The molecule has 2 aliphatic rings. The first-order chi connectivity index (χ1) is 25.8. The number of hydrogen-bond donors (Lipinski definition) is 4. The van der Waals surface area contributed by atoms with Crippen LogP contribution in [0.3, 0.4) is 0 Å². The summed E-state index contributed by atoms with van der Waals surface area (Å²) < 4.78 is 61.8. The molecule has 3 aromatic carbocycles. The molecule has 0 spiro atoms. The van der Waals surface area contributed by atoms with E-state index >= 15 is 0 Å². The largest absolute Gasteiger partial charge is 0.379 e. The van der Waals surface area contributed by atoms with Crippen molar-refractivity contribution >= 4 is 54.6 Å². The van der Waals surface area contributed by atoms with Gasteiger partial charge >= 0.3 is 16.1 Å². The second-order valence-electron chi connectivity index (χ2n) is 13.0. The molecule has 2 amide bonds. The molecule has 4 N–H and O–H groups in total. The zero-order valence-corrected chi connectivity index (χ0v) is 31.6. The van der Waals surface area contributed by atoms with Crippen LogP contribution in [0.25, 0.3) is 11.0 Å². The highest BCUT2D eigenvalue weighted by atomic mass is 32.2. The van der Waals surface area contributed by atoms with Crippen LogP contribution in [0.15, 0.2) is 101 Å². The summed E-state index contributed by atoms with van der Waals surface area (Å²) in [7, 11) is -3.95. The van der Waals surface area contributed by atoms with Crippen molar-refractivity contribution < 1.29 is 30.4 Å². The molecule has 2 saturated heterocycles. The zero-order chi connectivity index (χ0) is 38.3. The Bertz CT molecular complexity index is 2240. The summed E-state index contributed by atoms with van der Waals surface area (Å²) in [5.74, 6) is 0.346. The monoisotopic (exact) mass is 777 g/mol. The number of rotatable bonds is 9. The number of nitrogens with one attached hydrogen (secondary N) is 3. The fraction of sp³-hybridized carbons (Fsp3) is 0.306. The molecular formula is C36H43N9O7S2. The van der Waals surface area contributed by atoms with E-state index in [2.05, 4.69) is 59.3 Å². The van der Waals surface area contributed by atoms with Crippen molar-refractivity contribution in [1.82, 2.24) is 30.1 Å². The van der Waals surface area contributed by atoms with Crippen molar-refractivity contribution in [2.24, 2.45) is 0 Å². The molecule has 0 radical (unpaired) electrons. The first-order valence-corrected chi connectivity index (χ1v) is 20.1. The number of nitrogens with zero attached hydrogens (tertiary/aromatic N) is 6. The van der Waals surface area contributed by atoms with E-state index in [0.29, 0.717) is 11.0 Å². The predicted octanol–water partition coefficient (Wildman–Crippen LogP) is 3.48. The minimum atomic E-state index is -4.09. The summed E-state index contributed by atoms with van der Waals surface area (Å²) >= 11 is 0. The van der Waals surface area contributed by atoms with Crippen LogP contribution in [0.2, 0.25) is 0 Å². The lowest BCUT2D eigenvalue weighted by molar-refractivity contribution is 0.251. The average Bonchev–Trinajstić information content (AvgIpc) is 3.56. The van der Waals surface area contributed by atoms with E-state index in [1.807, 2.05) is 6.07 Å². The Morgan fingerprint density at radius 1 is 0.778 bits per heavy atom. The smallest absolute Gasteiger partial charge is 0.339 e. The van der Waals surface area contributed by atoms with E-state index in [1.54, 1.807) is 60.8 Å². The molecule has 4 heterocycles. The second-order valence-corrected chi connectivity index (χ2v) is 15.9. The van der Waals surface area contributed by atoms with Gasteiger partial charge in [0.25, 0.3) is 10.1 Å². The van der Waals surface area contributed by atoms with Crippen LogP contribution in [0, 0.1) is 0 Å². The number of amides is 2. The third-order valence-electron chi connectivity index (χ3n) is 9.04. The van der Waals surface area contributed by atoms with Gasteiger partial charge in [0.1, 0.15) is 10.6 Å². The highest BCUT2D eigenvalue weighted by Crippen LogP contribution is 2.26. The molecule has 2 aromatic heterocycles. The summed E-state index contributed by atoms with van der Waals surface area (Å²) in [6.07, 6.45) is 1.65. The van der Waals surface area contributed by atoms with Gasteiger partial charge in [0, 0.05) is 76.0 Å². The maximum absolute atomic E-state index is 12.9. The van der Waals surface area contributed by atoms with Crippen molar-refractivity contribution in [2.45, 2.75) is 16.3 Å². The Hall–Kier alpha value is -5.27. The maximum Gasteiger partial charge on any atom is 0.339 e. The van der Waals surface area contributed by atoms with E-state index in [0.717, 1.165) is 69.4 Å². The molecule has 7 rings (SSSR count). The van der Waals surface area contributed by atoms with Gasteiger partial charge in [-0.2, -0.15) is 16.8 Å². The lowest BCUT2D eigenvalue weighted by atomic mass is 10.2. The summed E-state index contributed by atoms with van der Waals surface area (Å²) in [4.78, 5) is 32.6. The second kappa shape index (κ2) is 16.8. The van der Waals surface area contributed by atoms with Crippen LogP contribution < -0.4 is 24.6 Å². The van der Waals surface area contributed by atoms with Crippen molar-refractivity contribution in [2.75, 3.05) is 81.6 Å². The van der Waals surface area contributed by atoms with Gasteiger partial charge in [-0.05, 0) is 86.9 Å². The summed E-state index contributed by atoms with van der Waals surface area (Å²) in [6, 6.07) is 22.7. The van der Waals surface area contributed by atoms with Crippen molar-refractivity contribution in [3.8, 4) is 5.75 Å². The highest BCUT2D eigenvalue weighted by Gasteiger charge is 2.20. The van der Waals surface area contributed by atoms with Crippen molar-refractivity contribution in [1.29, 1.82) is 0 Å². The first kappa shape index (κ1) is 38.5. The number of pyridine rings is 1. The Morgan fingerprint density at radius 2 is 1.35 bits per heavy atom. The molecule has 0 atom stereocenters. The van der Waals surface area contributed by atoms with Gasteiger partial charge in [0.05, 0.1) is 28.2 Å². The Balaban J connectivity index is 0.000000244. The Kier molecular flexibility index (Phi) is 12.0. The van der Waals surface area contributed by atoms with Crippen molar-refractivity contribution in [3.05, 3.63) is 96.8 Å². The predicted molar refractivity (Wildman–Crippen MR) is 206 cm³/mol. The molecule has 0 aliphatic carbocycles. The fourth-order valence-corrected chi connectivity index (χ4v) is 7.28. The number of aromatic nitrogens is 3. The minimum Gasteiger partial charge on any atom is -0.379 e. The van der Waals surface area contributed by atoms with Gasteiger partial charge in [0.2, 0.25) is 5.95 Å². The molecule has 5 aromatic rings. The minimum absolute atomic E-state index is 0.0598. The zero-order valence-electron chi connectivity index (χ0n) is 29.9. The Labute approximate surface area is 314 Å². The molecule has 54 heavy (non-hydrogen) atoms. The van der Waals surface area contributed by atoms with Crippen molar-refractivity contribution in [3.63, 3.8) is 0 Å². The van der Waals surface area contributed by atoms with Crippen LogP contribution in [-0.4, -0.2) is 119 Å². The number of imidazole rings is 1. The Morgan fingerprint density at radius 3 is 1.89 bits per heavy atom. The number of urea groups is 1. The number of hydrogen-bond acceptors (Lipinski definition) is 12. The normalized spacial score (nSPS) is 15.7. The number of likely N-dealkylation sites (N-methyl/N-ethyl adjacent to an activating group) is 2. The van der Waals surface area contributed by atoms with Crippen LogP contribution in [-0.2, 0) is 26.8 Å². The molecule has 286 valence electrons. The molecular weight excluding hydrogens is 735 g/mol. The number of aromatic amines is 1. The molecule has 16 nitrogen and oxygen atoms in total. The van der Waals surface area contributed by atoms with E-state index < -0.39 is 26.3 Å². The van der Waals surface area contributed by atoms with Crippen LogP contribution in [0.5, 0.6) is 5.75 Å². The number of piperazine rings is 2. The third kappa shape index (κ3) is 10.2. The lowest BCUT2D eigenvalue weighted by Crippen LogP contribution is -2.44. The van der Waals surface area contributed by atoms with Gasteiger partial charge in [-0.25, -0.2) is 9.78 Å². The van der Waals surface area contributed by atoms with Crippen LogP contribution >= 0.6 is 0 Å². The molecule has 18 heteroatoms. The fourth-order valence-electron chi connectivity index (χ4n) is 5.88. The maximum atomic E-state index is 12.9. The lowest BCUT2D eigenvalue weighted by Gasteiger charge is -2.34. The van der Waals surface area contributed by atoms with E-state index in [4.69, 9.17) is 8.74 Å². The number of carbonyl (C=O) groups is 1. The number of carbonyl (C=O) groups excluding carboxylic acids is 1. The SMILES string of the molecule is CN1CCN(c2ccc(S(=O)(=O)O)cc2)CC1.CN1CCN(c2ccc(S(=O)(=O)Oc3ccc4nc(NC(=O)NCc5ccccn5)[nH]c4c3)cc2)CC1. The highest BCUT2D eigenvalue weighted by molar-refractivity contribution is 7.87. The topological polar surface area (TPSA) is 193 Å². The molecule has 2 aliphatic heterocycles. The van der Waals surface area contributed by atoms with Gasteiger partial charge in [0.15, 0.2) is 0 Å². The standard InChI is InChI=1S/C25H27N7O4S.C11H16N2O3S/c1-31-12-14-32(15-13-31)19-5-8-21(9-6-19)37(34,35)36-20-7-10-22-23(16-20)29-24(28-22)30-25(33)27-17-18-4-2-3-11-26-18;1-12-6-8-13(9-7-12)10-2-4-11(5-3-10)17(14,15)16/h2-11,16H,12-15,17H2,1H3,(H3,27,28,29,30,33);2-5H,6-9H2,1H3,(H,14,15,16). The van der Waals surface area contributed by atoms with E-state index in [-0.39, 0.29) is 28.0 Å². The third-order valence-corrected chi connectivity index (χ3v) is 11.2. The number of fused-ring (bicyclic) bond motifs is 1. The number of anilines is 3. The molecule has 0 bridgehead atoms. The summed E-state index contributed by atoms with van der Waals surface area (Å²) in [6.45, 7) is 7.85. The van der Waals surface area contributed by atoms with Gasteiger partial charge in [-0.15, -0.1) is 0 Å². The summed E-state index contributed by atoms with van der Waals surface area (Å²) in [5.41, 5.74) is 3.75. The molecule has 0 unspecified atom stereocenters. The van der Waals surface area contributed by atoms with Gasteiger partial charge in [-0.3, -0.25) is 14.9 Å². The average molecular weight is 778 g/mol. The number of benzene rings is 3. The van der Waals surface area contributed by atoms with Gasteiger partial charge in [-0.1, -0.05) is 6.07 Å². The van der Waals surface area contributed by atoms with E-state index in [1.165, 1.54) is 24.3 Å². The van der Waals surface area contributed by atoms with Gasteiger partial charge < -0.3 is 34.1 Å². The van der Waals surface area contributed by atoms with Crippen LogP contribution in [0.4, 0.5) is 22.1 Å². The number of H-pyrrole nitrogens is 1. The summed E-state index contributed by atoms with van der Waals surface area (Å²) in [5, 5.41) is 5.32. The first-order valence-electron chi connectivity index (χ1n) is 17.3. The quantitative estimate of drug-likeness (QED) is 0.126. The molecule has 2 fully saturated rings.